The van der Waals surface area contributed by atoms with Crippen LogP contribution in [-0.2, 0) is 16.4 Å². The van der Waals surface area contributed by atoms with Crippen LogP contribution < -0.4 is 0 Å². The fourth-order valence-corrected chi connectivity index (χ4v) is 4.82. The molecule has 1 aliphatic carbocycles. The van der Waals surface area contributed by atoms with Crippen LogP contribution in [0.15, 0.2) is 0 Å². The zero-order valence-electron chi connectivity index (χ0n) is 9.75. The minimum absolute atomic E-state index is 0.125. The lowest BCUT2D eigenvalue weighted by molar-refractivity contribution is 0.190. The Bertz CT molecular complexity index is 541. The molecule has 1 aliphatic heterocycles. The maximum atomic E-state index is 11.6. The number of rotatable bonds is 4. The predicted octanol–water partition coefficient (Wildman–Crippen LogP) is 1.34. The highest BCUT2D eigenvalue weighted by atomic mass is 35.5. The van der Waals surface area contributed by atoms with Crippen LogP contribution in [0.2, 0.25) is 4.34 Å². The van der Waals surface area contributed by atoms with Crippen LogP contribution in [0.5, 0.6) is 0 Å². The average Bonchev–Trinajstić information content (AvgIpc) is 2.97. The predicted molar refractivity (Wildman–Crippen MR) is 70.5 cm³/mol. The Morgan fingerprint density at radius 3 is 2.61 bits per heavy atom. The van der Waals surface area contributed by atoms with Gasteiger partial charge in [0, 0.05) is 30.2 Å². The average molecular weight is 308 g/mol. The normalized spacial score (nSPS) is 26.9. The highest BCUT2D eigenvalue weighted by Crippen LogP contribution is 2.34. The fourth-order valence-electron chi connectivity index (χ4n) is 2.46. The first-order valence-corrected chi connectivity index (χ1v) is 8.95. The van der Waals surface area contributed by atoms with E-state index in [9.17, 15) is 8.42 Å². The molecule has 18 heavy (non-hydrogen) atoms. The molecule has 2 aliphatic rings. The second-order valence-corrected chi connectivity index (χ2v) is 8.54. The van der Waals surface area contributed by atoms with Crippen molar-refractivity contribution in [2.45, 2.75) is 37.9 Å². The molecule has 5 nitrogen and oxygen atoms in total. The van der Waals surface area contributed by atoms with Gasteiger partial charge in [-0.2, -0.15) is 0 Å². The van der Waals surface area contributed by atoms with E-state index in [0.29, 0.717) is 22.7 Å². The van der Waals surface area contributed by atoms with Gasteiger partial charge in [0.15, 0.2) is 9.84 Å². The Morgan fingerprint density at radius 1 is 1.33 bits per heavy atom. The van der Waals surface area contributed by atoms with Gasteiger partial charge in [-0.15, -0.1) is 5.10 Å². The Hall–Kier alpha value is -0.240. The van der Waals surface area contributed by atoms with Gasteiger partial charge < -0.3 is 0 Å². The maximum Gasteiger partial charge on any atom is 0.151 e. The first kappa shape index (κ1) is 12.8. The highest BCUT2D eigenvalue weighted by Gasteiger charge is 2.39. The van der Waals surface area contributed by atoms with Gasteiger partial charge in [0.25, 0.3) is 0 Å². The minimum Gasteiger partial charge on any atom is -0.290 e. The van der Waals surface area contributed by atoms with Crippen LogP contribution in [0, 0.1) is 0 Å². The summed E-state index contributed by atoms with van der Waals surface area (Å²) in [5.41, 5.74) is 0.776. The maximum absolute atomic E-state index is 11.6. The first-order valence-electron chi connectivity index (χ1n) is 5.98. The third-order valence-corrected chi connectivity index (χ3v) is 6.27. The molecule has 2 fully saturated rings. The van der Waals surface area contributed by atoms with Crippen LogP contribution in [-0.4, -0.2) is 46.5 Å². The topological polar surface area (TPSA) is 63.2 Å². The van der Waals surface area contributed by atoms with Gasteiger partial charge in [0.05, 0.1) is 11.5 Å². The van der Waals surface area contributed by atoms with Crippen LogP contribution in [0.4, 0.5) is 0 Å². The van der Waals surface area contributed by atoms with E-state index in [2.05, 4.69) is 14.5 Å². The van der Waals surface area contributed by atoms with E-state index < -0.39 is 9.84 Å². The van der Waals surface area contributed by atoms with Gasteiger partial charge in [-0.1, -0.05) is 16.1 Å². The SMILES string of the molecule is O=S1(=O)CC[C@@H](N(Cc2nnsc2Cl)C2CC2)C1. The molecule has 0 amide bonds. The molecule has 2 heterocycles. The van der Waals surface area contributed by atoms with Gasteiger partial charge in [-0.05, 0) is 19.3 Å². The van der Waals surface area contributed by atoms with Crippen LogP contribution >= 0.6 is 23.1 Å². The van der Waals surface area contributed by atoms with Crippen LogP contribution in [0.1, 0.15) is 25.0 Å². The smallest absolute Gasteiger partial charge is 0.151 e. The summed E-state index contributed by atoms with van der Waals surface area (Å²) >= 11 is 7.20. The Kier molecular flexibility index (Phi) is 3.34. The Labute approximate surface area is 115 Å². The third-order valence-electron chi connectivity index (χ3n) is 3.54. The van der Waals surface area contributed by atoms with Crippen molar-refractivity contribution in [3.05, 3.63) is 10.0 Å². The first-order chi connectivity index (χ1) is 8.55. The summed E-state index contributed by atoms with van der Waals surface area (Å²) in [5, 5.41) is 4.02. The van der Waals surface area contributed by atoms with Gasteiger partial charge in [-0.25, -0.2) is 8.42 Å². The van der Waals surface area contributed by atoms with E-state index in [1.165, 1.54) is 11.5 Å². The highest BCUT2D eigenvalue weighted by molar-refractivity contribution is 7.91. The molecular weight excluding hydrogens is 294 g/mol. The Balaban J connectivity index is 1.75. The number of nitrogens with zero attached hydrogens (tertiary/aromatic N) is 3. The van der Waals surface area contributed by atoms with E-state index in [-0.39, 0.29) is 11.8 Å². The summed E-state index contributed by atoms with van der Waals surface area (Å²) in [4.78, 5) is 2.26. The number of hydrogen-bond donors (Lipinski definition) is 0. The quantitative estimate of drug-likeness (QED) is 0.840. The van der Waals surface area contributed by atoms with E-state index >= 15 is 0 Å². The number of sulfone groups is 1. The number of aromatic nitrogens is 2. The third kappa shape index (κ3) is 2.68. The van der Waals surface area contributed by atoms with Crippen LogP contribution in [0.25, 0.3) is 0 Å². The summed E-state index contributed by atoms with van der Waals surface area (Å²) in [7, 11) is -2.84. The molecule has 0 aromatic carbocycles. The molecule has 1 aromatic heterocycles. The molecule has 0 bridgehead atoms. The molecule has 1 saturated heterocycles. The summed E-state index contributed by atoms with van der Waals surface area (Å²) in [6, 6.07) is 0.626. The molecule has 1 atom stereocenters. The molecular formula is C10H14ClN3O2S2. The zero-order valence-corrected chi connectivity index (χ0v) is 12.1. The molecule has 100 valence electrons. The van der Waals surface area contributed by atoms with Crippen molar-refractivity contribution in [2.75, 3.05) is 11.5 Å². The molecule has 0 unspecified atom stereocenters. The molecule has 3 rings (SSSR count). The van der Waals surface area contributed by atoms with Gasteiger partial charge >= 0.3 is 0 Å². The van der Waals surface area contributed by atoms with E-state index in [1.54, 1.807) is 0 Å². The lowest BCUT2D eigenvalue weighted by atomic mass is 10.2. The number of halogens is 1. The van der Waals surface area contributed by atoms with Crippen molar-refractivity contribution in [1.82, 2.24) is 14.5 Å². The van der Waals surface area contributed by atoms with Crippen molar-refractivity contribution in [3.8, 4) is 0 Å². The molecule has 0 N–H and O–H groups in total. The molecule has 1 saturated carbocycles. The van der Waals surface area contributed by atoms with Crippen molar-refractivity contribution >= 4 is 33.0 Å². The summed E-state index contributed by atoms with van der Waals surface area (Å²) in [5.74, 6) is 0.586. The second kappa shape index (κ2) is 4.70. The Morgan fingerprint density at radius 2 is 2.11 bits per heavy atom. The molecule has 0 spiro atoms. The lowest BCUT2D eigenvalue weighted by Crippen LogP contribution is -2.37. The van der Waals surface area contributed by atoms with Crippen molar-refractivity contribution in [3.63, 3.8) is 0 Å². The zero-order chi connectivity index (χ0) is 12.8. The largest absolute Gasteiger partial charge is 0.290 e. The van der Waals surface area contributed by atoms with E-state index in [4.69, 9.17) is 11.6 Å². The molecule has 8 heteroatoms. The van der Waals surface area contributed by atoms with Gasteiger partial charge in [-0.3, -0.25) is 4.90 Å². The molecule has 1 aromatic rings. The van der Waals surface area contributed by atoms with Crippen molar-refractivity contribution in [1.29, 1.82) is 0 Å². The summed E-state index contributed by atoms with van der Waals surface area (Å²) in [6.45, 7) is 0.625. The van der Waals surface area contributed by atoms with Gasteiger partial charge in [0.2, 0.25) is 0 Å². The fraction of sp³-hybridized carbons (Fsp3) is 0.800. The monoisotopic (exact) mass is 307 g/mol. The summed E-state index contributed by atoms with van der Waals surface area (Å²) < 4.78 is 27.6. The standard InChI is InChI=1S/C10H14ClN3O2S2/c11-10-9(12-13-17-10)5-14(7-1-2-7)8-3-4-18(15,16)6-8/h7-8H,1-6H2/t8-/m1/s1. The van der Waals surface area contributed by atoms with Crippen molar-refractivity contribution in [2.24, 2.45) is 0 Å². The number of hydrogen-bond acceptors (Lipinski definition) is 6. The minimum atomic E-state index is -2.84. The van der Waals surface area contributed by atoms with E-state index in [0.717, 1.165) is 25.0 Å². The summed E-state index contributed by atoms with van der Waals surface area (Å²) in [6.07, 6.45) is 3.02. The van der Waals surface area contributed by atoms with E-state index in [1.807, 2.05) is 0 Å². The molecule has 0 radical (unpaired) electrons. The van der Waals surface area contributed by atoms with Crippen molar-refractivity contribution < 1.29 is 8.42 Å². The second-order valence-electron chi connectivity index (χ2n) is 4.95. The van der Waals surface area contributed by atoms with Gasteiger partial charge in [0.1, 0.15) is 10.0 Å². The lowest BCUT2D eigenvalue weighted by Gasteiger charge is -2.27. The van der Waals surface area contributed by atoms with Crippen LogP contribution in [0.3, 0.4) is 0 Å².